The third kappa shape index (κ3) is 3.24. The summed E-state index contributed by atoms with van der Waals surface area (Å²) in [6.45, 7) is 2.15. The normalized spacial score (nSPS) is 12.5. The highest BCUT2D eigenvalue weighted by Crippen LogP contribution is 2.29. The van der Waals surface area contributed by atoms with Crippen LogP contribution in [0.25, 0.3) is 0 Å². The standard InChI is InChI=1S/C19H18N2O4/c1-12(22)21-10-9-13-11-14(7-8-17(13)21)18(23)20-16-6-4-3-5-15(16)19(24)25-2/h3-8,11H,9-10H2,1-2H3,(H,20,23). The molecule has 0 saturated heterocycles. The number of amides is 2. The van der Waals surface area contributed by atoms with Gasteiger partial charge in [-0.2, -0.15) is 0 Å². The Labute approximate surface area is 145 Å². The average Bonchev–Trinajstić information content (AvgIpc) is 3.05. The van der Waals surface area contributed by atoms with Gasteiger partial charge in [-0.25, -0.2) is 4.79 Å². The minimum absolute atomic E-state index is 0.0112. The van der Waals surface area contributed by atoms with Gasteiger partial charge in [0.2, 0.25) is 5.91 Å². The van der Waals surface area contributed by atoms with Gasteiger partial charge in [0, 0.05) is 24.7 Å². The zero-order valence-electron chi connectivity index (χ0n) is 14.0. The van der Waals surface area contributed by atoms with E-state index in [1.165, 1.54) is 14.0 Å². The topological polar surface area (TPSA) is 75.7 Å². The van der Waals surface area contributed by atoms with Crippen molar-refractivity contribution in [2.24, 2.45) is 0 Å². The fraction of sp³-hybridized carbons (Fsp3) is 0.211. The highest BCUT2D eigenvalue weighted by Gasteiger charge is 2.23. The second-order valence-corrected chi connectivity index (χ2v) is 5.76. The van der Waals surface area contributed by atoms with Crippen molar-refractivity contribution in [1.82, 2.24) is 0 Å². The van der Waals surface area contributed by atoms with Gasteiger partial charge in [-0.1, -0.05) is 12.1 Å². The van der Waals surface area contributed by atoms with Crippen molar-refractivity contribution < 1.29 is 19.1 Å². The molecule has 0 fully saturated rings. The zero-order valence-corrected chi connectivity index (χ0v) is 14.0. The Morgan fingerprint density at radius 1 is 1.12 bits per heavy atom. The van der Waals surface area contributed by atoms with Gasteiger partial charge < -0.3 is 15.0 Å². The lowest BCUT2D eigenvalue weighted by molar-refractivity contribution is -0.116. The number of nitrogens with one attached hydrogen (secondary N) is 1. The highest BCUT2D eigenvalue weighted by atomic mass is 16.5. The summed E-state index contributed by atoms with van der Waals surface area (Å²) in [5, 5.41) is 2.75. The molecule has 128 valence electrons. The molecule has 0 spiro atoms. The van der Waals surface area contributed by atoms with Crippen LogP contribution in [-0.4, -0.2) is 31.4 Å². The Kier molecular flexibility index (Phi) is 4.52. The number of nitrogens with zero attached hydrogens (tertiary/aromatic N) is 1. The van der Waals surface area contributed by atoms with E-state index in [9.17, 15) is 14.4 Å². The Hall–Kier alpha value is -3.15. The molecule has 0 unspecified atom stereocenters. The summed E-state index contributed by atoms with van der Waals surface area (Å²) >= 11 is 0. The van der Waals surface area contributed by atoms with E-state index in [0.29, 0.717) is 23.4 Å². The second-order valence-electron chi connectivity index (χ2n) is 5.76. The number of benzene rings is 2. The number of ether oxygens (including phenoxy) is 1. The molecule has 2 aromatic carbocycles. The summed E-state index contributed by atoms with van der Waals surface area (Å²) in [7, 11) is 1.29. The first-order valence-electron chi connectivity index (χ1n) is 7.91. The SMILES string of the molecule is COC(=O)c1ccccc1NC(=O)c1ccc2c(c1)CCN2C(C)=O. The molecule has 0 radical (unpaired) electrons. The molecule has 1 heterocycles. The Balaban J connectivity index is 1.84. The lowest BCUT2D eigenvalue weighted by atomic mass is 10.1. The van der Waals surface area contributed by atoms with Crippen LogP contribution in [0.15, 0.2) is 42.5 Å². The van der Waals surface area contributed by atoms with Crippen LogP contribution in [0.4, 0.5) is 11.4 Å². The van der Waals surface area contributed by atoms with E-state index in [1.807, 2.05) is 0 Å². The minimum atomic E-state index is -0.512. The summed E-state index contributed by atoms with van der Waals surface area (Å²) in [6.07, 6.45) is 0.717. The van der Waals surface area contributed by atoms with Crippen molar-refractivity contribution >= 4 is 29.2 Å². The Bertz CT molecular complexity index is 860. The molecule has 0 atom stereocenters. The van der Waals surface area contributed by atoms with E-state index in [2.05, 4.69) is 5.32 Å². The van der Waals surface area contributed by atoms with E-state index in [4.69, 9.17) is 4.74 Å². The van der Waals surface area contributed by atoms with E-state index in [-0.39, 0.29) is 11.8 Å². The number of esters is 1. The Morgan fingerprint density at radius 3 is 2.60 bits per heavy atom. The largest absolute Gasteiger partial charge is 0.465 e. The first-order chi connectivity index (χ1) is 12.0. The molecule has 0 aromatic heterocycles. The molecule has 1 N–H and O–H groups in total. The van der Waals surface area contributed by atoms with Crippen molar-refractivity contribution in [2.75, 3.05) is 23.9 Å². The molecule has 2 aromatic rings. The molecule has 1 aliphatic heterocycles. The molecule has 2 amide bonds. The van der Waals surface area contributed by atoms with Crippen molar-refractivity contribution in [1.29, 1.82) is 0 Å². The maximum absolute atomic E-state index is 12.5. The lowest BCUT2D eigenvalue weighted by Gasteiger charge is -2.15. The predicted octanol–water partition coefficient (Wildman–Crippen LogP) is 2.63. The van der Waals surface area contributed by atoms with Gasteiger partial charge >= 0.3 is 5.97 Å². The minimum Gasteiger partial charge on any atom is -0.465 e. The third-order valence-corrected chi connectivity index (χ3v) is 4.20. The van der Waals surface area contributed by atoms with Crippen LogP contribution in [0.5, 0.6) is 0 Å². The van der Waals surface area contributed by atoms with E-state index in [0.717, 1.165) is 17.7 Å². The summed E-state index contributed by atoms with van der Waals surface area (Å²) in [4.78, 5) is 37.6. The maximum Gasteiger partial charge on any atom is 0.339 e. The van der Waals surface area contributed by atoms with Crippen LogP contribution < -0.4 is 10.2 Å². The molecule has 3 rings (SSSR count). The van der Waals surface area contributed by atoms with Crippen LogP contribution in [-0.2, 0) is 16.0 Å². The number of hydrogen-bond donors (Lipinski definition) is 1. The van der Waals surface area contributed by atoms with Crippen molar-refractivity contribution in [2.45, 2.75) is 13.3 Å². The lowest BCUT2D eigenvalue weighted by Crippen LogP contribution is -2.25. The van der Waals surface area contributed by atoms with E-state index >= 15 is 0 Å². The molecule has 6 nitrogen and oxygen atoms in total. The third-order valence-electron chi connectivity index (χ3n) is 4.20. The van der Waals surface area contributed by atoms with Gasteiger partial charge in [-0.15, -0.1) is 0 Å². The summed E-state index contributed by atoms with van der Waals surface area (Å²) in [5.74, 6) is -0.842. The number of carbonyl (C=O) groups is 3. The summed E-state index contributed by atoms with van der Waals surface area (Å²) < 4.78 is 4.73. The number of methoxy groups -OCH3 is 1. The molecule has 0 bridgehead atoms. The molecule has 0 saturated carbocycles. The van der Waals surface area contributed by atoms with Crippen LogP contribution in [0, 0.1) is 0 Å². The first-order valence-corrected chi connectivity index (χ1v) is 7.91. The average molecular weight is 338 g/mol. The molecule has 0 aliphatic carbocycles. The van der Waals surface area contributed by atoms with Crippen LogP contribution >= 0.6 is 0 Å². The van der Waals surface area contributed by atoms with Crippen molar-refractivity contribution in [3.8, 4) is 0 Å². The predicted molar refractivity (Wildman–Crippen MR) is 93.9 cm³/mol. The van der Waals surface area contributed by atoms with Crippen LogP contribution in [0.2, 0.25) is 0 Å². The zero-order chi connectivity index (χ0) is 18.0. The quantitative estimate of drug-likeness (QED) is 0.873. The number of fused-ring (bicyclic) bond motifs is 1. The van der Waals surface area contributed by atoms with Gasteiger partial charge in [0.05, 0.1) is 18.4 Å². The molecule has 6 heteroatoms. The van der Waals surface area contributed by atoms with Crippen LogP contribution in [0.3, 0.4) is 0 Å². The Morgan fingerprint density at radius 2 is 1.88 bits per heavy atom. The smallest absolute Gasteiger partial charge is 0.339 e. The number of carbonyl (C=O) groups excluding carboxylic acids is 3. The van der Waals surface area contributed by atoms with Crippen molar-refractivity contribution in [3.63, 3.8) is 0 Å². The van der Waals surface area contributed by atoms with Gasteiger partial charge in [0.1, 0.15) is 0 Å². The number of anilines is 2. The highest BCUT2D eigenvalue weighted by molar-refractivity contribution is 6.08. The molecule has 1 aliphatic rings. The van der Waals surface area contributed by atoms with Gasteiger partial charge in [0.25, 0.3) is 5.91 Å². The van der Waals surface area contributed by atoms with Crippen molar-refractivity contribution in [3.05, 3.63) is 59.2 Å². The fourth-order valence-electron chi connectivity index (χ4n) is 2.94. The fourth-order valence-corrected chi connectivity index (χ4v) is 2.94. The van der Waals surface area contributed by atoms with Gasteiger partial charge in [0.15, 0.2) is 0 Å². The summed E-state index contributed by atoms with van der Waals surface area (Å²) in [6, 6.07) is 11.9. The monoisotopic (exact) mass is 338 g/mol. The second kappa shape index (κ2) is 6.76. The summed E-state index contributed by atoms with van der Waals surface area (Å²) in [5.41, 5.74) is 2.97. The number of para-hydroxylation sites is 1. The van der Waals surface area contributed by atoms with E-state index < -0.39 is 5.97 Å². The van der Waals surface area contributed by atoms with Gasteiger partial charge in [-0.05, 0) is 42.3 Å². The van der Waals surface area contributed by atoms with E-state index in [1.54, 1.807) is 47.4 Å². The number of hydrogen-bond acceptors (Lipinski definition) is 4. The molecule has 25 heavy (non-hydrogen) atoms. The number of rotatable bonds is 3. The first kappa shape index (κ1) is 16.7. The molecular weight excluding hydrogens is 320 g/mol. The van der Waals surface area contributed by atoms with Gasteiger partial charge in [-0.3, -0.25) is 9.59 Å². The van der Waals surface area contributed by atoms with Crippen LogP contribution in [0.1, 0.15) is 33.2 Å². The molecular formula is C19H18N2O4. The maximum atomic E-state index is 12.5.